The molecule has 0 bridgehead atoms. The fourth-order valence-corrected chi connectivity index (χ4v) is 5.02. The van der Waals surface area contributed by atoms with E-state index < -0.39 is 29.4 Å². The van der Waals surface area contributed by atoms with Crippen LogP contribution in [0.5, 0.6) is 5.75 Å². The van der Waals surface area contributed by atoms with Crippen molar-refractivity contribution < 1.29 is 23.5 Å². The van der Waals surface area contributed by atoms with Crippen LogP contribution in [0.1, 0.15) is 31.0 Å². The molecule has 0 fully saturated rings. The van der Waals surface area contributed by atoms with Crippen LogP contribution >= 0.6 is 22.9 Å². The van der Waals surface area contributed by atoms with Crippen molar-refractivity contribution in [2.45, 2.75) is 19.9 Å². The van der Waals surface area contributed by atoms with E-state index in [1.807, 2.05) is 0 Å². The van der Waals surface area contributed by atoms with Gasteiger partial charge < -0.3 is 9.47 Å². The molecule has 0 spiro atoms. The lowest BCUT2D eigenvalue weighted by atomic mass is 9.96. The average Bonchev–Trinajstić information content (AvgIpc) is 3.13. The quantitative estimate of drug-likeness (QED) is 0.278. The Morgan fingerprint density at radius 3 is 2.61 bits per heavy atom. The zero-order valence-electron chi connectivity index (χ0n) is 19.3. The van der Waals surface area contributed by atoms with E-state index in [4.69, 9.17) is 21.1 Å². The molecule has 4 rings (SSSR count). The monoisotopic (exact) mass is 526 g/mol. The van der Waals surface area contributed by atoms with Gasteiger partial charge in [-0.2, -0.15) is 0 Å². The Morgan fingerprint density at radius 1 is 1.25 bits per heavy atom. The average molecular weight is 527 g/mol. The van der Waals surface area contributed by atoms with Gasteiger partial charge in [-0.25, -0.2) is 14.2 Å². The van der Waals surface area contributed by atoms with Crippen molar-refractivity contribution in [1.82, 2.24) is 4.57 Å². The molecule has 1 aromatic heterocycles. The van der Waals surface area contributed by atoms with Crippen LogP contribution in [-0.2, 0) is 14.3 Å². The number of esters is 2. The third-order valence-corrected chi connectivity index (χ3v) is 6.62. The minimum atomic E-state index is -0.886. The van der Waals surface area contributed by atoms with Crippen molar-refractivity contribution in [2.24, 2.45) is 4.99 Å². The third-order valence-electron chi connectivity index (χ3n) is 5.31. The van der Waals surface area contributed by atoms with E-state index in [9.17, 15) is 18.8 Å². The van der Waals surface area contributed by atoms with E-state index in [2.05, 4.69) is 11.6 Å². The highest BCUT2D eigenvalue weighted by Crippen LogP contribution is 2.31. The van der Waals surface area contributed by atoms with E-state index in [-0.39, 0.29) is 27.3 Å². The number of rotatable bonds is 6. The molecule has 0 radical (unpaired) electrons. The number of benzene rings is 2. The molecule has 1 atom stereocenters. The number of hydrogen-bond donors (Lipinski definition) is 0. The zero-order valence-corrected chi connectivity index (χ0v) is 20.9. The van der Waals surface area contributed by atoms with E-state index in [1.165, 1.54) is 41.8 Å². The van der Waals surface area contributed by atoms with Gasteiger partial charge in [0.05, 0.1) is 26.9 Å². The van der Waals surface area contributed by atoms with Crippen LogP contribution < -0.4 is 19.6 Å². The maximum absolute atomic E-state index is 14.4. The van der Waals surface area contributed by atoms with E-state index >= 15 is 0 Å². The van der Waals surface area contributed by atoms with E-state index in [0.717, 1.165) is 11.3 Å². The molecule has 10 heteroatoms. The summed E-state index contributed by atoms with van der Waals surface area (Å²) in [5.74, 6) is -1.40. The van der Waals surface area contributed by atoms with Crippen molar-refractivity contribution in [3.05, 3.63) is 108 Å². The maximum Gasteiger partial charge on any atom is 0.338 e. The van der Waals surface area contributed by atoms with Gasteiger partial charge in [0, 0.05) is 12.5 Å². The lowest BCUT2D eigenvalue weighted by Crippen LogP contribution is -2.40. The Labute approximate surface area is 214 Å². The maximum atomic E-state index is 14.4. The molecule has 0 N–H and O–H groups in total. The number of hydrogen-bond acceptors (Lipinski definition) is 7. The van der Waals surface area contributed by atoms with Gasteiger partial charge in [-0.05, 0) is 42.8 Å². The fourth-order valence-electron chi connectivity index (χ4n) is 3.77. The Kier molecular flexibility index (Phi) is 7.32. The highest BCUT2D eigenvalue weighted by atomic mass is 35.5. The Hall–Kier alpha value is -3.82. The number of aromatic nitrogens is 1. The molecule has 0 saturated heterocycles. The molecule has 0 amide bonds. The fraction of sp³-hybridized carbons (Fsp3) is 0.154. The summed E-state index contributed by atoms with van der Waals surface area (Å²) in [6.45, 7) is 6.47. The number of allylic oxidation sites excluding steroid dienone is 1. The Morgan fingerprint density at radius 2 is 1.97 bits per heavy atom. The number of carbonyl (C=O) groups excluding carboxylic acids is 2. The SMILES string of the molecule is C=CCOC(=O)C1=C(C)N=c2s/c(=C\c3c(F)cccc3Cl)c(=O)n2[C@H]1c1ccc(OC(C)=O)cc1. The van der Waals surface area contributed by atoms with Gasteiger partial charge in [-0.3, -0.25) is 14.2 Å². The Balaban J connectivity index is 1.92. The summed E-state index contributed by atoms with van der Waals surface area (Å²) >= 11 is 7.21. The number of ether oxygens (including phenoxy) is 2. The predicted molar refractivity (Wildman–Crippen MR) is 134 cm³/mol. The molecular weight excluding hydrogens is 507 g/mol. The van der Waals surface area contributed by atoms with E-state index in [0.29, 0.717) is 21.8 Å². The van der Waals surface area contributed by atoms with E-state index in [1.54, 1.807) is 31.2 Å². The van der Waals surface area contributed by atoms with Gasteiger partial charge in [-0.1, -0.05) is 53.8 Å². The van der Waals surface area contributed by atoms with Gasteiger partial charge in [0.25, 0.3) is 5.56 Å². The van der Waals surface area contributed by atoms with Crippen LogP contribution in [0.4, 0.5) is 4.39 Å². The normalized spacial score (nSPS) is 15.2. The van der Waals surface area contributed by atoms with Crippen LogP contribution in [0.3, 0.4) is 0 Å². The summed E-state index contributed by atoms with van der Waals surface area (Å²) in [5.41, 5.74) is 0.693. The molecule has 3 aromatic rings. The summed E-state index contributed by atoms with van der Waals surface area (Å²) in [6.07, 6.45) is 2.81. The minimum Gasteiger partial charge on any atom is -0.458 e. The molecule has 0 aliphatic carbocycles. The second kappa shape index (κ2) is 10.4. The standard InChI is InChI=1S/C26H20ClFN2O5S/c1-4-12-34-25(33)22-14(2)29-26-30(23(22)16-8-10-17(11-9-16)35-15(3)31)24(32)21(36-26)13-18-19(27)6-5-7-20(18)28/h4-11,13,23H,1,12H2,2-3H3/b21-13-/t23-/m0/s1. The molecule has 1 aliphatic rings. The largest absolute Gasteiger partial charge is 0.458 e. The van der Waals surface area contributed by atoms with Gasteiger partial charge >= 0.3 is 11.9 Å². The van der Waals surface area contributed by atoms with Crippen LogP contribution in [0.25, 0.3) is 6.08 Å². The lowest BCUT2D eigenvalue weighted by Gasteiger charge is -2.24. The summed E-state index contributed by atoms with van der Waals surface area (Å²) in [6, 6.07) is 9.78. The molecule has 0 saturated carbocycles. The van der Waals surface area contributed by atoms with Crippen molar-refractivity contribution >= 4 is 41.0 Å². The number of fused-ring (bicyclic) bond motifs is 1. The first-order valence-electron chi connectivity index (χ1n) is 10.7. The van der Waals surface area contributed by atoms with Gasteiger partial charge in [0.2, 0.25) is 0 Å². The number of carbonyl (C=O) groups is 2. The summed E-state index contributed by atoms with van der Waals surface area (Å²) in [5, 5.41) is 0.156. The minimum absolute atomic E-state index is 0.0239. The van der Waals surface area contributed by atoms with Crippen molar-refractivity contribution in [2.75, 3.05) is 6.61 Å². The van der Waals surface area contributed by atoms with Gasteiger partial charge in [0.1, 0.15) is 18.2 Å². The smallest absolute Gasteiger partial charge is 0.338 e. The number of nitrogens with zero attached hydrogens (tertiary/aromatic N) is 2. The topological polar surface area (TPSA) is 87.0 Å². The molecule has 7 nitrogen and oxygen atoms in total. The first kappa shape index (κ1) is 25.3. The number of thiazole rings is 1. The van der Waals surface area contributed by atoms with Crippen LogP contribution in [0.15, 0.2) is 76.2 Å². The van der Waals surface area contributed by atoms with Crippen LogP contribution in [0, 0.1) is 5.82 Å². The van der Waals surface area contributed by atoms with Crippen molar-refractivity contribution in [1.29, 1.82) is 0 Å². The molecule has 2 aromatic carbocycles. The molecular formula is C26H20ClFN2O5S. The van der Waals surface area contributed by atoms with Crippen molar-refractivity contribution in [3.8, 4) is 5.75 Å². The summed E-state index contributed by atoms with van der Waals surface area (Å²) in [7, 11) is 0. The third kappa shape index (κ3) is 4.93. The van der Waals surface area contributed by atoms with Gasteiger partial charge in [-0.15, -0.1) is 0 Å². The predicted octanol–water partition coefficient (Wildman–Crippen LogP) is 3.68. The number of halogens is 2. The molecule has 184 valence electrons. The molecule has 2 heterocycles. The van der Waals surface area contributed by atoms with Crippen molar-refractivity contribution in [3.63, 3.8) is 0 Å². The first-order chi connectivity index (χ1) is 17.2. The Bertz CT molecular complexity index is 1570. The molecule has 0 unspecified atom stereocenters. The van der Waals surface area contributed by atoms with Gasteiger partial charge in [0.15, 0.2) is 4.80 Å². The molecule has 1 aliphatic heterocycles. The second-order valence-corrected chi connectivity index (χ2v) is 9.18. The summed E-state index contributed by atoms with van der Waals surface area (Å²) in [4.78, 5) is 42.7. The highest BCUT2D eigenvalue weighted by molar-refractivity contribution is 7.07. The first-order valence-corrected chi connectivity index (χ1v) is 11.9. The lowest BCUT2D eigenvalue weighted by molar-refractivity contribution is -0.138. The highest BCUT2D eigenvalue weighted by Gasteiger charge is 2.33. The van der Waals surface area contributed by atoms with Crippen LogP contribution in [0.2, 0.25) is 5.02 Å². The second-order valence-electron chi connectivity index (χ2n) is 7.77. The summed E-state index contributed by atoms with van der Waals surface area (Å²) < 4.78 is 26.4. The zero-order chi connectivity index (χ0) is 26.0. The van der Waals surface area contributed by atoms with Crippen LogP contribution in [-0.4, -0.2) is 23.1 Å². The molecule has 36 heavy (non-hydrogen) atoms.